The molecule has 0 aliphatic heterocycles. The first kappa shape index (κ1) is 13.7. The summed E-state index contributed by atoms with van der Waals surface area (Å²) in [4.78, 5) is 44.7. The van der Waals surface area contributed by atoms with Gasteiger partial charge in [0.15, 0.2) is 0 Å². The molecule has 0 spiro atoms. The Labute approximate surface area is 101 Å². The number of carboxylic acid groups (broad SMARTS) is 1. The maximum absolute atomic E-state index is 11.6. The summed E-state index contributed by atoms with van der Waals surface area (Å²) in [6.07, 6.45) is 1.19. The fraction of sp³-hybridized carbons (Fsp3) is 0.400. The van der Waals surface area contributed by atoms with Gasteiger partial charge in [-0.1, -0.05) is 0 Å². The zero-order valence-corrected chi connectivity index (χ0v) is 9.91. The maximum atomic E-state index is 11.6. The van der Waals surface area contributed by atoms with Crippen molar-refractivity contribution in [3.63, 3.8) is 0 Å². The number of nitrogens with one attached hydrogen (secondary N) is 1. The van der Waals surface area contributed by atoms with Crippen LogP contribution in [0.15, 0.2) is 21.9 Å². The Bertz CT molecular complexity index is 586. The Morgan fingerprint density at radius 2 is 2.06 bits per heavy atom. The summed E-state index contributed by atoms with van der Waals surface area (Å²) < 4.78 is 1.87. The third-order valence-electron chi connectivity index (χ3n) is 2.32. The van der Waals surface area contributed by atoms with Crippen molar-refractivity contribution >= 4 is 11.9 Å². The van der Waals surface area contributed by atoms with Crippen LogP contribution < -0.4 is 16.6 Å². The highest BCUT2D eigenvalue weighted by atomic mass is 16.4. The topological polar surface area (TPSA) is 110 Å². The molecule has 1 unspecified atom stereocenters. The van der Waals surface area contributed by atoms with Gasteiger partial charge < -0.3 is 10.4 Å². The highest BCUT2D eigenvalue weighted by molar-refractivity contribution is 5.83. The van der Waals surface area contributed by atoms with E-state index >= 15 is 0 Å². The Balaban J connectivity index is 2.84. The zero-order valence-electron chi connectivity index (χ0n) is 9.91. The van der Waals surface area contributed by atoms with Gasteiger partial charge in [0.1, 0.15) is 12.6 Å². The summed E-state index contributed by atoms with van der Waals surface area (Å²) in [5, 5.41) is 10.8. The highest BCUT2D eigenvalue weighted by Gasteiger charge is 2.14. The predicted octanol–water partition coefficient (Wildman–Crippen LogP) is -1.86. The van der Waals surface area contributed by atoms with Crippen molar-refractivity contribution < 1.29 is 14.7 Å². The van der Waals surface area contributed by atoms with Crippen LogP contribution in [0.5, 0.6) is 0 Å². The van der Waals surface area contributed by atoms with Crippen molar-refractivity contribution in [3.05, 3.63) is 33.1 Å². The van der Waals surface area contributed by atoms with E-state index in [1.807, 2.05) is 0 Å². The van der Waals surface area contributed by atoms with Crippen molar-refractivity contribution in [2.45, 2.75) is 19.5 Å². The molecule has 8 nitrogen and oxygen atoms in total. The molecule has 18 heavy (non-hydrogen) atoms. The van der Waals surface area contributed by atoms with Crippen molar-refractivity contribution in [2.75, 3.05) is 0 Å². The summed E-state index contributed by atoms with van der Waals surface area (Å²) >= 11 is 0. The van der Waals surface area contributed by atoms with Gasteiger partial charge in [0, 0.05) is 19.3 Å². The van der Waals surface area contributed by atoms with E-state index in [0.717, 1.165) is 15.2 Å². The molecule has 1 aromatic rings. The molecule has 0 saturated heterocycles. The lowest BCUT2D eigenvalue weighted by molar-refractivity contribution is -0.141. The standard InChI is InChI=1S/C10H13N3O5/c1-6(9(16)17)11-7(14)5-13-4-3-8(15)12(2)10(13)18/h3-4,6H,5H2,1-2H3,(H,11,14)(H,16,17). The third kappa shape index (κ3) is 3.06. The average Bonchev–Trinajstić information content (AvgIpc) is 2.29. The van der Waals surface area contributed by atoms with Crippen LogP contribution in [-0.4, -0.2) is 32.2 Å². The van der Waals surface area contributed by atoms with Gasteiger partial charge in [-0.3, -0.25) is 23.5 Å². The van der Waals surface area contributed by atoms with E-state index in [-0.39, 0.29) is 6.54 Å². The summed E-state index contributed by atoms with van der Waals surface area (Å²) in [5.41, 5.74) is -1.11. The Hall–Kier alpha value is -2.38. The van der Waals surface area contributed by atoms with Crippen molar-refractivity contribution in [2.24, 2.45) is 7.05 Å². The third-order valence-corrected chi connectivity index (χ3v) is 2.32. The smallest absolute Gasteiger partial charge is 0.331 e. The van der Waals surface area contributed by atoms with Crippen LogP contribution in [0.2, 0.25) is 0 Å². The van der Waals surface area contributed by atoms with E-state index in [9.17, 15) is 19.2 Å². The zero-order chi connectivity index (χ0) is 13.9. The molecule has 1 heterocycles. The first-order chi connectivity index (χ1) is 8.32. The molecule has 1 aromatic heterocycles. The van der Waals surface area contributed by atoms with Crippen molar-refractivity contribution in [3.8, 4) is 0 Å². The van der Waals surface area contributed by atoms with Gasteiger partial charge in [-0.05, 0) is 6.92 Å². The molecule has 0 aliphatic carbocycles. The van der Waals surface area contributed by atoms with E-state index in [0.29, 0.717) is 0 Å². The van der Waals surface area contributed by atoms with Crippen LogP contribution in [0.1, 0.15) is 6.92 Å². The molecule has 98 valence electrons. The number of nitrogens with zero attached hydrogens (tertiary/aromatic N) is 2. The second kappa shape index (κ2) is 5.30. The van der Waals surface area contributed by atoms with E-state index in [1.165, 1.54) is 20.2 Å². The summed E-state index contributed by atoms with van der Waals surface area (Å²) in [5.74, 6) is -1.79. The minimum Gasteiger partial charge on any atom is -0.480 e. The number of hydrogen-bond donors (Lipinski definition) is 2. The molecule has 0 radical (unpaired) electrons. The SMILES string of the molecule is CC(NC(=O)Cn1ccc(=O)n(C)c1=O)C(=O)O. The lowest BCUT2D eigenvalue weighted by Crippen LogP contribution is -2.43. The quantitative estimate of drug-likeness (QED) is 0.655. The Morgan fingerprint density at radius 1 is 1.44 bits per heavy atom. The number of carbonyl (C=O) groups is 2. The number of rotatable bonds is 4. The van der Waals surface area contributed by atoms with Crippen LogP contribution in [0.3, 0.4) is 0 Å². The molecule has 0 aliphatic rings. The number of carbonyl (C=O) groups excluding carboxylic acids is 1. The van der Waals surface area contributed by atoms with Crippen LogP contribution in [-0.2, 0) is 23.2 Å². The molecular weight excluding hydrogens is 242 g/mol. The second-order valence-corrected chi connectivity index (χ2v) is 3.75. The van der Waals surface area contributed by atoms with E-state index < -0.39 is 29.2 Å². The maximum Gasteiger partial charge on any atom is 0.331 e. The first-order valence-electron chi connectivity index (χ1n) is 5.11. The molecule has 1 amide bonds. The lowest BCUT2D eigenvalue weighted by atomic mass is 10.3. The fourth-order valence-electron chi connectivity index (χ4n) is 1.24. The molecule has 0 fully saturated rings. The van der Waals surface area contributed by atoms with Gasteiger partial charge in [0.05, 0.1) is 0 Å². The summed E-state index contributed by atoms with van der Waals surface area (Å²) in [7, 11) is 1.29. The summed E-state index contributed by atoms with van der Waals surface area (Å²) in [6, 6.07) is 0.107. The molecular formula is C10H13N3O5. The van der Waals surface area contributed by atoms with Crippen LogP contribution >= 0.6 is 0 Å². The van der Waals surface area contributed by atoms with E-state index in [2.05, 4.69) is 5.32 Å². The van der Waals surface area contributed by atoms with Gasteiger partial charge in [-0.2, -0.15) is 0 Å². The van der Waals surface area contributed by atoms with E-state index in [1.54, 1.807) is 0 Å². The number of aromatic nitrogens is 2. The van der Waals surface area contributed by atoms with Crippen molar-refractivity contribution in [1.82, 2.24) is 14.5 Å². The van der Waals surface area contributed by atoms with Gasteiger partial charge in [-0.15, -0.1) is 0 Å². The lowest BCUT2D eigenvalue weighted by Gasteiger charge is -2.10. The minimum absolute atomic E-state index is 0.343. The molecule has 0 bridgehead atoms. The molecule has 0 aromatic carbocycles. The Morgan fingerprint density at radius 3 is 2.61 bits per heavy atom. The fourth-order valence-corrected chi connectivity index (χ4v) is 1.24. The number of carboxylic acids is 1. The number of aliphatic carboxylic acids is 1. The normalized spacial score (nSPS) is 11.9. The number of hydrogen-bond acceptors (Lipinski definition) is 4. The van der Waals surface area contributed by atoms with Crippen LogP contribution in [0.4, 0.5) is 0 Å². The van der Waals surface area contributed by atoms with Gasteiger partial charge in [-0.25, -0.2) is 4.79 Å². The predicted molar refractivity (Wildman–Crippen MR) is 61.2 cm³/mol. The molecule has 1 atom stereocenters. The average molecular weight is 255 g/mol. The van der Waals surface area contributed by atoms with Gasteiger partial charge >= 0.3 is 11.7 Å². The molecule has 1 rings (SSSR count). The second-order valence-electron chi connectivity index (χ2n) is 3.75. The van der Waals surface area contributed by atoms with Crippen LogP contribution in [0.25, 0.3) is 0 Å². The van der Waals surface area contributed by atoms with Crippen LogP contribution in [0, 0.1) is 0 Å². The Kier molecular flexibility index (Phi) is 4.03. The highest BCUT2D eigenvalue weighted by Crippen LogP contribution is 1.84. The van der Waals surface area contributed by atoms with Crippen molar-refractivity contribution in [1.29, 1.82) is 0 Å². The summed E-state index contributed by atoms with van der Waals surface area (Å²) in [6.45, 7) is 0.967. The monoisotopic (exact) mass is 255 g/mol. The largest absolute Gasteiger partial charge is 0.480 e. The van der Waals surface area contributed by atoms with E-state index in [4.69, 9.17) is 5.11 Å². The first-order valence-corrected chi connectivity index (χ1v) is 5.11. The van der Waals surface area contributed by atoms with Gasteiger partial charge in [0.2, 0.25) is 5.91 Å². The molecule has 0 saturated carbocycles. The number of amides is 1. The minimum atomic E-state index is -1.17. The molecule has 8 heteroatoms. The van der Waals surface area contributed by atoms with Gasteiger partial charge in [0.25, 0.3) is 5.56 Å². The molecule has 2 N–H and O–H groups in total.